The zero-order chi connectivity index (χ0) is 19.6. The molecule has 1 heterocycles. The molecule has 27 heavy (non-hydrogen) atoms. The van der Waals surface area contributed by atoms with E-state index >= 15 is 0 Å². The third-order valence-corrected chi connectivity index (χ3v) is 5.55. The molecule has 2 fully saturated rings. The highest BCUT2D eigenvalue weighted by atomic mass is 19.1. The van der Waals surface area contributed by atoms with E-state index in [-0.39, 0.29) is 18.1 Å². The van der Waals surface area contributed by atoms with E-state index in [9.17, 15) is 18.4 Å². The molecular weight excluding hydrogens is 354 g/mol. The van der Waals surface area contributed by atoms with Gasteiger partial charge in [-0.25, -0.2) is 8.78 Å². The van der Waals surface area contributed by atoms with Crippen LogP contribution in [0.4, 0.5) is 8.78 Å². The first-order valence-corrected chi connectivity index (χ1v) is 9.58. The lowest BCUT2D eigenvalue weighted by atomic mass is 9.83. The predicted molar refractivity (Wildman–Crippen MR) is 95.9 cm³/mol. The summed E-state index contributed by atoms with van der Waals surface area (Å²) in [5.41, 5.74) is -1.15. The fourth-order valence-corrected chi connectivity index (χ4v) is 3.94. The molecule has 0 bridgehead atoms. The summed E-state index contributed by atoms with van der Waals surface area (Å²) in [6, 6.07) is 2.05. The van der Waals surface area contributed by atoms with Crippen LogP contribution in [0.5, 0.6) is 0 Å². The maximum Gasteiger partial charge on any atom is 0.259 e. The number of hydrogen-bond donors (Lipinski definition) is 1. The molecule has 1 aliphatic heterocycles. The predicted octanol–water partition coefficient (Wildman–Crippen LogP) is 3.24. The summed E-state index contributed by atoms with van der Waals surface area (Å²) in [7, 11) is 0. The molecule has 1 spiro atoms. The molecule has 148 valence electrons. The van der Waals surface area contributed by atoms with Gasteiger partial charge in [-0.3, -0.25) is 14.5 Å². The van der Waals surface area contributed by atoms with E-state index in [4.69, 9.17) is 4.74 Å². The Balaban J connectivity index is 1.94. The Kier molecular flexibility index (Phi) is 5.79. The number of amides is 2. The van der Waals surface area contributed by atoms with Gasteiger partial charge >= 0.3 is 0 Å². The van der Waals surface area contributed by atoms with Gasteiger partial charge in [0.1, 0.15) is 23.4 Å². The number of ether oxygens (including phenoxy) is 1. The molecular formula is C20H26F2N2O3. The van der Waals surface area contributed by atoms with Crippen molar-refractivity contribution in [1.82, 2.24) is 10.2 Å². The highest BCUT2D eigenvalue weighted by Crippen LogP contribution is 2.43. The average Bonchev–Trinajstić information content (AvgIpc) is 3.01. The van der Waals surface area contributed by atoms with Gasteiger partial charge in [0.2, 0.25) is 5.91 Å². The number of carbonyl (C=O) groups is 2. The van der Waals surface area contributed by atoms with Crippen LogP contribution in [0.2, 0.25) is 0 Å². The molecule has 1 aromatic carbocycles. The topological polar surface area (TPSA) is 58.6 Å². The van der Waals surface area contributed by atoms with Crippen molar-refractivity contribution in [3.05, 3.63) is 35.4 Å². The molecule has 2 aliphatic rings. The molecule has 2 amide bonds. The van der Waals surface area contributed by atoms with Crippen molar-refractivity contribution in [3.8, 4) is 0 Å². The van der Waals surface area contributed by atoms with Gasteiger partial charge in [0.25, 0.3) is 5.91 Å². The van der Waals surface area contributed by atoms with Crippen molar-refractivity contribution in [2.75, 3.05) is 13.2 Å². The molecule has 1 N–H and O–H groups in total. The number of nitrogens with zero attached hydrogens (tertiary/aromatic N) is 1. The van der Waals surface area contributed by atoms with Crippen molar-refractivity contribution in [2.45, 2.75) is 57.7 Å². The highest BCUT2D eigenvalue weighted by Gasteiger charge is 2.53. The minimum atomic E-state index is -0.932. The van der Waals surface area contributed by atoms with Crippen LogP contribution in [-0.4, -0.2) is 41.6 Å². The Morgan fingerprint density at radius 2 is 2.00 bits per heavy atom. The first kappa shape index (κ1) is 19.7. The second-order valence-electron chi connectivity index (χ2n) is 7.55. The first-order valence-electron chi connectivity index (χ1n) is 9.58. The van der Waals surface area contributed by atoms with Crippen LogP contribution >= 0.6 is 0 Å². The second kappa shape index (κ2) is 7.92. The third kappa shape index (κ3) is 3.83. The Hall–Kier alpha value is -2.02. The van der Waals surface area contributed by atoms with E-state index in [2.05, 4.69) is 12.2 Å². The minimum absolute atomic E-state index is 0.0818. The van der Waals surface area contributed by atoms with Crippen molar-refractivity contribution in [3.63, 3.8) is 0 Å². The van der Waals surface area contributed by atoms with E-state index in [0.29, 0.717) is 31.4 Å². The van der Waals surface area contributed by atoms with Gasteiger partial charge in [0.15, 0.2) is 0 Å². The maximum atomic E-state index is 14.3. The van der Waals surface area contributed by atoms with Crippen molar-refractivity contribution in [1.29, 1.82) is 0 Å². The standard InChI is InChI=1S/C20H26F2N2O3/c1-3-10-23-18(25)17-12-27-20(8-6-13(2)7-9-20)24(17)19(26)15-5-4-14(21)11-16(15)22/h4-5,11,13,17H,3,6-10,12H2,1-2H3,(H,23,25)/t13?,17-,20?/m1/s1. The lowest BCUT2D eigenvalue weighted by Gasteiger charge is -2.43. The fourth-order valence-electron chi connectivity index (χ4n) is 3.94. The molecule has 0 unspecified atom stereocenters. The van der Waals surface area contributed by atoms with Crippen LogP contribution in [0.25, 0.3) is 0 Å². The van der Waals surface area contributed by atoms with Crippen LogP contribution < -0.4 is 5.32 Å². The summed E-state index contributed by atoms with van der Waals surface area (Å²) in [5, 5.41) is 2.80. The quantitative estimate of drug-likeness (QED) is 0.872. The van der Waals surface area contributed by atoms with Gasteiger partial charge in [0, 0.05) is 12.6 Å². The summed E-state index contributed by atoms with van der Waals surface area (Å²) in [6.45, 7) is 4.65. The zero-order valence-electron chi connectivity index (χ0n) is 15.8. The summed E-state index contributed by atoms with van der Waals surface area (Å²) in [6.07, 6.45) is 3.68. The molecule has 0 radical (unpaired) electrons. The summed E-state index contributed by atoms with van der Waals surface area (Å²) in [5.74, 6) is -2.11. The van der Waals surface area contributed by atoms with E-state index in [1.165, 1.54) is 4.90 Å². The molecule has 1 saturated heterocycles. The van der Waals surface area contributed by atoms with E-state index in [1.807, 2.05) is 6.92 Å². The Morgan fingerprint density at radius 1 is 1.30 bits per heavy atom. The van der Waals surface area contributed by atoms with Crippen molar-refractivity contribution < 1.29 is 23.1 Å². The number of carbonyl (C=O) groups excluding carboxylic acids is 2. The highest BCUT2D eigenvalue weighted by molar-refractivity contribution is 5.98. The largest absolute Gasteiger partial charge is 0.354 e. The van der Waals surface area contributed by atoms with Gasteiger partial charge < -0.3 is 10.1 Å². The van der Waals surface area contributed by atoms with Crippen LogP contribution in [0.3, 0.4) is 0 Å². The fraction of sp³-hybridized carbons (Fsp3) is 0.600. The molecule has 1 aliphatic carbocycles. The third-order valence-electron chi connectivity index (χ3n) is 5.55. The van der Waals surface area contributed by atoms with Gasteiger partial charge in [-0.15, -0.1) is 0 Å². The zero-order valence-corrected chi connectivity index (χ0v) is 15.8. The number of rotatable bonds is 4. The van der Waals surface area contributed by atoms with Gasteiger partial charge in [-0.05, 0) is 50.2 Å². The number of halogens is 2. The SMILES string of the molecule is CCCNC(=O)[C@H]1COC2(CCC(C)CC2)N1C(=O)c1ccc(F)cc1F. The average molecular weight is 380 g/mol. The molecule has 7 heteroatoms. The van der Waals surface area contributed by atoms with E-state index in [1.54, 1.807) is 0 Å². The number of benzene rings is 1. The molecule has 1 aromatic rings. The minimum Gasteiger partial charge on any atom is -0.354 e. The smallest absolute Gasteiger partial charge is 0.259 e. The van der Waals surface area contributed by atoms with Gasteiger partial charge in [0.05, 0.1) is 12.2 Å². The molecule has 1 atom stereocenters. The van der Waals surface area contributed by atoms with E-state index in [0.717, 1.165) is 31.4 Å². The Bertz CT molecular complexity index is 717. The van der Waals surface area contributed by atoms with Crippen molar-refractivity contribution >= 4 is 11.8 Å². The van der Waals surface area contributed by atoms with Gasteiger partial charge in [-0.1, -0.05) is 13.8 Å². The van der Waals surface area contributed by atoms with Gasteiger partial charge in [-0.2, -0.15) is 0 Å². The lowest BCUT2D eigenvalue weighted by Crippen LogP contribution is -2.57. The second-order valence-corrected chi connectivity index (χ2v) is 7.55. The first-order chi connectivity index (χ1) is 12.9. The van der Waals surface area contributed by atoms with Crippen LogP contribution in [0, 0.1) is 17.6 Å². The Labute approximate surface area is 158 Å². The van der Waals surface area contributed by atoms with Crippen LogP contribution in [-0.2, 0) is 9.53 Å². The van der Waals surface area contributed by atoms with E-state index < -0.39 is 29.3 Å². The number of hydrogen-bond acceptors (Lipinski definition) is 3. The monoisotopic (exact) mass is 380 g/mol. The summed E-state index contributed by atoms with van der Waals surface area (Å²) >= 11 is 0. The molecule has 3 rings (SSSR count). The molecule has 0 aromatic heterocycles. The van der Waals surface area contributed by atoms with Crippen LogP contribution in [0.15, 0.2) is 18.2 Å². The normalized spacial score (nSPS) is 27.8. The van der Waals surface area contributed by atoms with Crippen molar-refractivity contribution in [2.24, 2.45) is 5.92 Å². The van der Waals surface area contributed by atoms with Crippen LogP contribution in [0.1, 0.15) is 56.3 Å². The molecule has 5 nitrogen and oxygen atoms in total. The summed E-state index contributed by atoms with van der Waals surface area (Å²) in [4.78, 5) is 27.3. The molecule has 1 saturated carbocycles. The maximum absolute atomic E-state index is 14.3. The Morgan fingerprint density at radius 3 is 2.63 bits per heavy atom. The summed E-state index contributed by atoms with van der Waals surface area (Å²) < 4.78 is 33.6. The number of nitrogens with one attached hydrogen (secondary N) is 1. The lowest BCUT2D eigenvalue weighted by molar-refractivity contribution is -0.127.